The van der Waals surface area contributed by atoms with Crippen molar-refractivity contribution < 1.29 is 9.59 Å². The molecule has 0 spiro atoms. The van der Waals surface area contributed by atoms with Crippen molar-refractivity contribution in [2.75, 3.05) is 18.9 Å². The number of urea groups is 1. The monoisotopic (exact) mass is 292 g/mol. The van der Waals surface area contributed by atoms with Crippen molar-refractivity contribution in [1.29, 1.82) is 0 Å². The summed E-state index contributed by atoms with van der Waals surface area (Å²) in [5, 5.41) is 11.3. The number of carbonyl (C=O) groups is 2. The van der Waals surface area contributed by atoms with Crippen LogP contribution in [-0.4, -0.2) is 31.6 Å². The summed E-state index contributed by atoms with van der Waals surface area (Å²) in [6.07, 6.45) is 0.464. The lowest BCUT2D eigenvalue weighted by Gasteiger charge is -2.10. The summed E-state index contributed by atoms with van der Waals surface area (Å²) in [4.78, 5) is 23.0. The Hall–Kier alpha value is -2.08. The molecule has 0 aliphatic heterocycles. The number of rotatable bonds is 7. The lowest BCUT2D eigenvalue weighted by molar-refractivity contribution is -0.121. The van der Waals surface area contributed by atoms with Gasteiger partial charge in [0.25, 0.3) is 0 Å². The standard InChI is InChI=1S/C15H24N4O2/c1-11(2)18-15(21)19-13-6-4-12(5-7-13)10-17-14(20)8-9-16-3/h4-7,11,16H,8-10H2,1-3H3,(H,17,20)(H2,18,19,21). The number of nitrogens with one attached hydrogen (secondary N) is 4. The van der Waals surface area contributed by atoms with Gasteiger partial charge in [0.2, 0.25) is 5.91 Å². The molecule has 0 aromatic heterocycles. The van der Waals surface area contributed by atoms with Crippen molar-refractivity contribution in [2.24, 2.45) is 0 Å². The van der Waals surface area contributed by atoms with Crippen molar-refractivity contribution in [1.82, 2.24) is 16.0 Å². The smallest absolute Gasteiger partial charge is 0.319 e. The molecular weight excluding hydrogens is 268 g/mol. The predicted octanol–water partition coefficient (Wildman–Crippen LogP) is 1.44. The molecular formula is C15H24N4O2. The minimum absolute atomic E-state index is 0.0165. The molecule has 0 heterocycles. The quantitative estimate of drug-likeness (QED) is 0.614. The van der Waals surface area contributed by atoms with Gasteiger partial charge in [-0.2, -0.15) is 0 Å². The van der Waals surface area contributed by atoms with Gasteiger partial charge in [-0.1, -0.05) is 12.1 Å². The molecule has 0 fully saturated rings. The van der Waals surface area contributed by atoms with Gasteiger partial charge in [-0.15, -0.1) is 0 Å². The van der Waals surface area contributed by atoms with Crippen LogP contribution in [0.5, 0.6) is 0 Å². The van der Waals surface area contributed by atoms with Crippen LogP contribution in [0.15, 0.2) is 24.3 Å². The highest BCUT2D eigenvalue weighted by Crippen LogP contribution is 2.09. The molecule has 6 heteroatoms. The van der Waals surface area contributed by atoms with Crippen LogP contribution in [0.25, 0.3) is 0 Å². The minimum Gasteiger partial charge on any atom is -0.352 e. The average Bonchev–Trinajstić information content (AvgIpc) is 2.43. The summed E-state index contributed by atoms with van der Waals surface area (Å²) >= 11 is 0. The molecule has 0 saturated carbocycles. The molecule has 1 aromatic carbocycles. The first-order chi connectivity index (χ1) is 10.0. The maximum absolute atomic E-state index is 11.5. The van der Waals surface area contributed by atoms with Crippen LogP contribution in [-0.2, 0) is 11.3 Å². The van der Waals surface area contributed by atoms with Crippen LogP contribution in [0.1, 0.15) is 25.8 Å². The van der Waals surface area contributed by atoms with Gasteiger partial charge in [0.05, 0.1) is 0 Å². The maximum atomic E-state index is 11.5. The zero-order valence-electron chi connectivity index (χ0n) is 12.8. The fraction of sp³-hybridized carbons (Fsp3) is 0.467. The SMILES string of the molecule is CNCCC(=O)NCc1ccc(NC(=O)NC(C)C)cc1. The van der Waals surface area contributed by atoms with Crippen LogP contribution < -0.4 is 21.3 Å². The number of amides is 3. The minimum atomic E-state index is -0.224. The highest BCUT2D eigenvalue weighted by molar-refractivity contribution is 5.89. The number of anilines is 1. The predicted molar refractivity (Wildman–Crippen MR) is 84.1 cm³/mol. The van der Waals surface area contributed by atoms with Crippen molar-refractivity contribution >= 4 is 17.6 Å². The van der Waals surface area contributed by atoms with E-state index in [1.165, 1.54) is 0 Å². The summed E-state index contributed by atoms with van der Waals surface area (Å²) in [6.45, 7) is 4.96. The molecule has 0 unspecified atom stereocenters. The van der Waals surface area contributed by atoms with Crippen molar-refractivity contribution in [2.45, 2.75) is 32.9 Å². The van der Waals surface area contributed by atoms with E-state index in [2.05, 4.69) is 21.3 Å². The van der Waals surface area contributed by atoms with Gasteiger partial charge in [0.1, 0.15) is 0 Å². The van der Waals surface area contributed by atoms with E-state index in [1.807, 2.05) is 45.2 Å². The summed E-state index contributed by atoms with van der Waals surface area (Å²) in [6, 6.07) is 7.26. The van der Waals surface area contributed by atoms with E-state index >= 15 is 0 Å². The van der Waals surface area contributed by atoms with Gasteiger partial charge in [0, 0.05) is 31.2 Å². The molecule has 6 nitrogen and oxygen atoms in total. The van der Waals surface area contributed by atoms with Gasteiger partial charge >= 0.3 is 6.03 Å². The topological polar surface area (TPSA) is 82.3 Å². The Morgan fingerprint density at radius 3 is 2.38 bits per heavy atom. The second kappa shape index (κ2) is 8.97. The normalized spacial score (nSPS) is 10.3. The highest BCUT2D eigenvalue weighted by atomic mass is 16.2. The molecule has 21 heavy (non-hydrogen) atoms. The number of carbonyl (C=O) groups excluding carboxylic acids is 2. The Labute approximate surface area is 125 Å². The van der Waals surface area contributed by atoms with Crippen molar-refractivity contribution in [3.8, 4) is 0 Å². The molecule has 0 saturated heterocycles. The zero-order valence-corrected chi connectivity index (χ0v) is 12.8. The first-order valence-corrected chi connectivity index (χ1v) is 7.09. The molecule has 0 bridgehead atoms. The van der Waals surface area contributed by atoms with Crippen LogP contribution in [0, 0.1) is 0 Å². The van der Waals surface area contributed by atoms with E-state index < -0.39 is 0 Å². The molecule has 0 aliphatic carbocycles. The third kappa shape index (κ3) is 7.31. The third-order valence-corrected chi connectivity index (χ3v) is 2.72. The van der Waals surface area contributed by atoms with E-state index in [0.717, 1.165) is 11.3 Å². The van der Waals surface area contributed by atoms with Crippen LogP contribution in [0.2, 0.25) is 0 Å². The largest absolute Gasteiger partial charge is 0.352 e. The lowest BCUT2D eigenvalue weighted by atomic mass is 10.2. The van der Waals surface area contributed by atoms with Gasteiger partial charge in [0.15, 0.2) is 0 Å². The second-order valence-electron chi connectivity index (χ2n) is 5.08. The molecule has 1 aromatic rings. The number of hydrogen-bond donors (Lipinski definition) is 4. The summed E-state index contributed by atoms with van der Waals surface area (Å²) in [7, 11) is 1.81. The van der Waals surface area contributed by atoms with Crippen LogP contribution in [0.3, 0.4) is 0 Å². The number of hydrogen-bond acceptors (Lipinski definition) is 3. The average molecular weight is 292 g/mol. The first-order valence-electron chi connectivity index (χ1n) is 7.09. The summed E-state index contributed by atoms with van der Waals surface area (Å²) in [5.41, 5.74) is 1.71. The Morgan fingerprint density at radius 2 is 1.81 bits per heavy atom. The number of benzene rings is 1. The Bertz CT molecular complexity index is 457. The third-order valence-electron chi connectivity index (χ3n) is 2.72. The molecule has 116 valence electrons. The molecule has 0 aliphatic rings. The van der Waals surface area contributed by atoms with Gasteiger partial charge in [-0.05, 0) is 38.6 Å². The Morgan fingerprint density at radius 1 is 1.14 bits per heavy atom. The van der Waals surface area contributed by atoms with Gasteiger partial charge in [-0.25, -0.2) is 4.79 Å². The molecule has 0 radical (unpaired) electrons. The van der Waals surface area contributed by atoms with Crippen molar-refractivity contribution in [3.05, 3.63) is 29.8 Å². The van der Waals surface area contributed by atoms with Crippen LogP contribution in [0.4, 0.5) is 10.5 Å². The molecule has 0 atom stereocenters. The molecule has 1 rings (SSSR count). The maximum Gasteiger partial charge on any atom is 0.319 e. The summed E-state index contributed by atoms with van der Waals surface area (Å²) < 4.78 is 0. The van der Waals surface area contributed by atoms with Gasteiger partial charge in [-0.3, -0.25) is 4.79 Å². The van der Waals surface area contributed by atoms with E-state index in [4.69, 9.17) is 0 Å². The van der Waals surface area contributed by atoms with Crippen LogP contribution >= 0.6 is 0 Å². The van der Waals surface area contributed by atoms with E-state index in [9.17, 15) is 9.59 Å². The van der Waals surface area contributed by atoms with E-state index in [-0.39, 0.29) is 18.0 Å². The van der Waals surface area contributed by atoms with E-state index in [0.29, 0.717) is 19.5 Å². The first kappa shape index (κ1) is 17.0. The molecule has 3 amide bonds. The fourth-order valence-corrected chi connectivity index (χ4v) is 1.66. The van der Waals surface area contributed by atoms with E-state index in [1.54, 1.807) is 0 Å². The van der Waals surface area contributed by atoms with Gasteiger partial charge < -0.3 is 21.3 Å². The fourth-order valence-electron chi connectivity index (χ4n) is 1.66. The lowest BCUT2D eigenvalue weighted by Crippen LogP contribution is -2.34. The second-order valence-corrected chi connectivity index (χ2v) is 5.08. The summed E-state index contributed by atoms with van der Waals surface area (Å²) in [5.74, 6) is 0.0165. The van der Waals surface area contributed by atoms with Crippen molar-refractivity contribution in [3.63, 3.8) is 0 Å². The Kier molecular flexibility index (Phi) is 7.25. The Balaban J connectivity index is 2.40. The highest BCUT2D eigenvalue weighted by Gasteiger charge is 2.04. The zero-order chi connectivity index (χ0) is 15.7. The molecule has 4 N–H and O–H groups in total.